The van der Waals surface area contributed by atoms with Crippen LogP contribution in [-0.4, -0.2) is 29.3 Å². The lowest BCUT2D eigenvalue weighted by Crippen LogP contribution is -2.43. The molecule has 0 fully saturated rings. The molecule has 0 saturated heterocycles. The first kappa shape index (κ1) is 24.4. The zero-order chi connectivity index (χ0) is 24.7. The molecule has 1 aromatic heterocycles. The van der Waals surface area contributed by atoms with Crippen LogP contribution in [0.15, 0.2) is 91.1 Å². The molecule has 0 aliphatic rings. The quantitative estimate of drug-likeness (QED) is 0.327. The molecule has 0 bridgehead atoms. The summed E-state index contributed by atoms with van der Waals surface area (Å²) in [5.41, 5.74) is 3.81. The number of alkyl carbamates (subject to hydrolysis) is 1. The van der Waals surface area contributed by atoms with Crippen LogP contribution >= 0.6 is 0 Å². The minimum absolute atomic E-state index is 0.0124. The fraction of sp³-hybridized carbons (Fsp3) is 0.267. The van der Waals surface area contributed by atoms with Crippen molar-refractivity contribution in [1.29, 1.82) is 0 Å². The third kappa shape index (κ3) is 7.39. The first-order chi connectivity index (χ1) is 16.9. The molecule has 0 spiro atoms. The highest BCUT2D eigenvalue weighted by Crippen LogP contribution is 2.18. The van der Waals surface area contributed by atoms with Crippen LogP contribution in [0, 0.1) is 0 Å². The van der Waals surface area contributed by atoms with Crippen molar-refractivity contribution in [3.8, 4) is 11.3 Å². The van der Waals surface area contributed by atoms with Crippen molar-refractivity contribution in [3.63, 3.8) is 0 Å². The van der Waals surface area contributed by atoms with E-state index in [2.05, 4.69) is 76.3 Å². The molecule has 0 aliphatic carbocycles. The number of carbonyl (C=O) groups excluding carboxylic acids is 1. The predicted molar refractivity (Wildman–Crippen MR) is 142 cm³/mol. The third-order valence-corrected chi connectivity index (χ3v) is 5.68. The van der Waals surface area contributed by atoms with E-state index in [0.717, 1.165) is 23.2 Å². The van der Waals surface area contributed by atoms with Gasteiger partial charge in [-0.1, -0.05) is 72.8 Å². The van der Waals surface area contributed by atoms with Gasteiger partial charge < -0.3 is 15.4 Å². The smallest absolute Gasteiger partial charge is 0.407 e. The number of hydrogen-bond donors (Lipinski definition) is 2. The van der Waals surface area contributed by atoms with E-state index in [0.29, 0.717) is 13.1 Å². The van der Waals surface area contributed by atoms with Crippen LogP contribution in [0.1, 0.15) is 31.9 Å². The summed E-state index contributed by atoms with van der Waals surface area (Å²) in [6, 6.07) is 29.1. The van der Waals surface area contributed by atoms with Gasteiger partial charge in [-0.3, -0.25) is 4.98 Å². The number of ether oxygens (including phenoxy) is 1. The van der Waals surface area contributed by atoms with Gasteiger partial charge in [-0.2, -0.15) is 0 Å². The molecule has 4 rings (SSSR count). The van der Waals surface area contributed by atoms with Gasteiger partial charge >= 0.3 is 6.09 Å². The van der Waals surface area contributed by atoms with E-state index >= 15 is 0 Å². The molecule has 4 aromatic rings. The van der Waals surface area contributed by atoms with Crippen LogP contribution in [0.25, 0.3) is 22.0 Å². The summed E-state index contributed by atoms with van der Waals surface area (Å²) < 4.78 is 5.42. The average Bonchev–Trinajstić information content (AvgIpc) is 2.85. The monoisotopic (exact) mass is 467 g/mol. The van der Waals surface area contributed by atoms with E-state index in [-0.39, 0.29) is 6.04 Å². The molecule has 0 radical (unpaired) electrons. The fourth-order valence-corrected chi connectivity index (χ4v) is 3.96. The minimum Gasteiger partial charge on any atom is -0.444 e. The van der Waals surface area contributed by atoms with Crippen LogP contribution in [0.2, 0.25) is 0 Å². The number of carbonyl (C=O) groups is 1. The summed E-state index contributed by atoms with van der Waals surface area (Å²) in [5, 5.41) is 8.98. The van der Waals surface area contributed by atoms with Gasteiger partial charge in [0.2, 0.25) is 0 Å². The summed E-state index contributed by atoms with van der Waals surface area (Å²) in [7, 11) is 0. The Bertz CT molecular complexity index is 1250. The number of aromatic nitrogens is 1. The Morgan fingerprint density at radius 3 is 2.31 bits per heavy atom. The Morgan fingerprint density at radius 1 is 0.886 bits per heavy atom. The summed E-state index contributed by atoms with van der Waals surface area (Å²) in [5.74, 6) is 0. The van der Waals surface area contributed by atoms with Crippen molar-refractivity contribution in [2.75, 3.05) is 6.54 Å². The number of benzene rings is 3. The average molecular weight is 468 g/mol. The van der Waals surface area contributed by atoms with Crippen molar-refractivity contribution in [3.05, 3.63) is 102 Å². The highest BCUT2D eigenvalue weighted by Gasteiger charge is 2.18. The van der Waals surface area contributed by atoms with Gasteiger partial charge in [-0.05, 0) is 61.2 Å². The van der Waals surface area contributed by atoms with Crippen molar-refractivity contribution in [1.82, 2.24) is 15.6 Å². The van der Waals surface area contributed by atoms with Crippen LogP contribution in [0.4, 0.5) is 4.79 Å². The molecule has 1 atom stereocenters. The Labute approximate surface area is 207 Å². The van der Waals surface area contributed by atoms with Gasteiger partial charge in [0.05, 0.1) is 5.69 Å². The molecule has 1 unspecified atom stereocenters. The number of pyridine rings is 1. The molecule has 5 nitrogen and oxygen atoms in total. The maximum absolute atomic E-state index is 12.3. The lowest BCUT2D eigenvalue weighted by molar-refractivity contribution is 0.0522. The second-order valence-corrected chi connectivity index (χ2v) is 9.76. The maximum Gasteiger partial charge on any atom is 0.407 e. The second-order valence-electron chi connectivity index (χ2n) is 9.76. The largest absolute Gasteiger partial charge is 0.444 e. The van der Waals surface area contributed by atoms with E-state index in [1.807, 2.05) is 51.2 Å². The van der Waals surface area contributed by atoms with E-state index in [1.165, 1.54) is 16.3 Å². The highest BCUT2D eigenvalue weighted by molar-refractivity contribution is 5.83. The maximum atomic E-state index is 12.3. The van der Waals surface area contributed by atoms with Crippen molar-refractivity contribution in [2.24, 2.45) is 0 Å². The lowest BCUT2D eigenvalue weighted by atomic mass is 10.0. The molecule has 1 amide bonds. The van der Waals surface area contributed by atoms with Gasteiger partial charge in [0, 0.05) is 30.9 Å². The molecule has 180 valence electrons. The Hall–Kier alpha value is -3.70. The fourth-order valence-electron chi connectivity index (χ4n) is 3.96. The van der Waals surface area contributed by atoms with Crippen LogP contribution in [0.3, 0.4) is 0 Å². The second kappa shape index (κ2) is 11.2. The van der Waals surface area contributed by atoms with Crippen LogP contribution in [0.5, 0.6) is 0 Å². The van der Waals surface area contributed by atoms with Gasteiger partial charge in [0.15, 0.2) is 0 Å². The number of nitrogens with one attached hydrogen (secondary N) is 2. The topological polar surface area (TPSA) is 63.2 Å². The standard InChI is InChI=1S/C30H33N3O2/c1-30(2,3)35-29(34)33-21-27(31-19-22-13-15-24-9-7-8-12-26(24)17-22)18-23-14-16-28(32-20-23)25-10-5-4-6-11-25/h4-17,20,27,31H,18-19,21H2,1-3H3,(H,33,34). The molecule has 1 heterocycles. The van der Waals surface area contributed by atoms with Crippen molar-refractivity contribution in [2.45, 2.75) is 45.4 Å². The summed E-state index contributed by atoms with van der Waals surface area (Å²) in [6.07, 6.45) is 2.24. The Balaban J connectivity index is 1.44. The normalized spacial score (nSPS) is 12.3. The van der Waals surface area contributed by atoms with Crippen molar-refractivity contribution < 1.29 is 9.53 Å². The zero-order valence-corrected chi connectivity index (χ0v) is 20.6. The molecular weight excluding hydrogens is 434 g/mol. The van der Waals surface area contributed by atoms with E-state index < -0.39 is 11.7 Å². The zero-order valence-electron chi connectivity index (χ0n) is 20.6. The van der Waals surface area contributed by atoms with E-state index in [9.17, 15) is 4.79 Å². The third-order valence-electron chi connectivity index (χ3n) is 5.68. The number of amides is 1. The van der Waals surface area contributed by atoms with E-state index in [1.54, 1.807) is 0 Å². The molecule has 5 heteroatoms. The molecule has 0 aliphatic heterocycles. The first-order valence-corrected chi connectivity index (χ1v) is 12.0. The summed E-state index contributed by atoms with van der Waals surface area (Å²) >= 11 is 0. The molecule has 3 aromatic carbocycles. The van der Waals surface area contributed by atoms with Gasteiger partial charge in [-0.15, -0.1) is 0 Å². The summed E-state index contributed by atoms with van der Waals surface area (Å²) in [4.78, 5) is 16.9. The number of hydrogen-bond acceptors (Lipinski definition) is 4. The highest BCUT2D eigenvalue weighted by atomic mass is 16.6. The molecular formula is C30H33N3O2. The van der Waals surface area contributed by atoms with Gasteiger partial charge in [0.1, 0.15) is 5.60 Å². The lowest BCUT2D eigenvalue weighted by Gasteiger charge is -2.23. The molecule has 2 N–H and O–H groups in total. The number of nitrogens with zero attached hydrogens (tertiary/aromatic N) is 1. The van der Waals surface area contributed by atoms with Crippen molar-refractivity contribution >= 4 is 16.9 Å². The van der Waals surface area contributed by atoms with Crippen LogP contribution in [-0.2, 0) is 17.7 Å². The van der Waals surface area contributed by atoms with Gasteiger partial charge in [0.25, 0.3) is 0 Å². The van der Waals surface area contributed by atoms with E-state index in [4.69, 9.17) is 4.74 Å². The number of rotatable bonds is 8. The minimum atomic E-state index is -0.532. The predicted octanol–water partition coefficient (Wildman–Crippen LogP) is 6.13. The summed E-state index contributed by atoms with van der Waals surface area (Å²) in [6.45, 7) is 6.73. The SMILES string of the molecule is CC(C)(C)OC(=O)NCC(Cc1ccc(-c2ccccc2)nc1)NCc1ccc2ccccc2c1. The Morgan fingerprint density at radius 2 is 1.60 bits per heavy atom. The molecule has 35 heavy (non-hydrogen) atoms. The first-order valence-electron chi connectivity index (χ1n) is 12.0. The number of fused-ring (bicyclic) bond motifs is 1. The van der Waals surface area contributed by atoms with Crippen LogP contribution < -0.4 is 10.6 Å². The van der Waals surface area contributed by atoms with Gasteiger partial charge in [-0.25, -0.2) is 4.79 Å². The Kier molecular flexibility index (Phi) is 7.78. The molecule has 0 saturated carbocycles.